The highest BCUT2D eigenvalue weighted by atomic mass is 16.5. The number of carbonyl (C=O) groups is 1. The van der Waals surface area contributed by atoms with Gasteiger partial charge >= 0.3 is 0 Å². The van der Waals surface area contributed by atoms with Crippen molar-refractivity contribution in [1.29, 1.82) is 0 Å². The Morgan fingerprint density at radius 1 is 0.833 bits per heavy atom. The molecule has 0 saturated carbocycles. The van der Waals surface area contributed by atoms with E-state index in [1.807, 2.05) is 0 Å². The maximum Gasteiger partial charge on any atom is 0.238 e. The molecular weight excluding hydrogens is 548 g/mol. The van der Waals surface area contributed by atoms with Crippen molar-refractivity contribution in [1.82, 2.24) is 0 Å². The van der Waals surface area contributed by atoms with Crippen LogP contribution < -0.4 is 14.9 Å². The molecule has 5 N–H and O–H groups in total. The smallest absolute Gasteiger partial charge is 0.238 e. The highest BCUT2D eigenvalue weighted by molar-refractivity contribution is 6.00. The number of phenols is 2. The molecule has 0 saturated heterocycles. The van der Waals surface area contributed by atoms with E-state index in [1.165, 1.54) is 61.7 Å². The zero-order chi connectivity index (χ0) is 29.7. The number of hydrogen-bond donors (Lipinski definition) is 5. The summed E-state index contributed by atoms with van der Waals surface area (Å²) >= 11 is 0. The van der Waals surface area contributed by atoms with Gasteiger partial charge in [0.2, 0.25) is 16.9 Å². The SMILES string of the molecule is COc1cc2oc(-c3ccc(O)cc3)c(O)c(=O)c2c(O)c1Oc1ccc(C2=CC(=O)C3C(O)=CC(O)=CC3O2)cc1. The lowest BCUT2D eigenvalue weighted by molar-refractivity contribution is -0.121. The Balaban J connectivity index is 1.33. The molecule has 212 valence electrons. The molecule has 0 spiro atoms. The number of carbonyl (C=O) groups excluding carboxylic acids is 1. The second-order valence-corrected chi connectivity index (χ2v) is 9.54. The van der Waals surface area contributed by atoms with Crippen molar-refractivity contribution in [2.24, 2.45) is 5.92 Å². The third-order valence-electron chi connectivity index (χ3n) is 6.88. The van der Waals surface area contributed by atoms with Gasteiger partial charge in [-0.05, 0) is 54.6 Å². The molecule has 0 bridgehead atoms. The maximum absolute atomic E-state index is 13.1. The van der Waals surface area contributed by atoms with Gasteiger partial charge in [0.25, 0.3) is 0 Å². The summed E-state index contributed by atoms with van der Waals surface area (Å²) in [5.74, 6) is -3.11. The largest absolute Gasteiger partial charge is 0.511 e. The summed E-state index contributed by atoms with van der Waals surface area (Å²) in [4.78, 5) is 25.7. The average Bonchev–Trinajstić information content (AvgIpc) is 2.96. The number of aliphatic hydroxyl groups excluding tert-OH is 2. The van der Waals surface area contributed by atoms with Crippen LogP contribution in [0.1, 0.15) is 5.56 Å². The fourth-order valence-electron chi connectivity index (χ4n) is 4.83. The van der Waals surface area contributed by atoms with E-state index in [0.717, 1.165) is 6.08 Å². The molecule has 0 radical (unpaired) electrons. The zero-order valence-corrected chi connectivity index (χ0v) is 21.8. The van der Waals surface area contributed by atoms with Crippen LogP contribution in [0, 0.1) is 5.92 Å². The molecule has 0 amide bonds. The van der Waals surface area contributed by atoms with E-state index in [9.17, 15) is 35.1 Å². The Labute approximate surface area is 236 Å². The molecule has 3 aromatic carbocycles. The minimum absolute atomic E-state index is 0.0139. The molecular formula is C31H22O11. The molecule has 1 aliphatic heterocycles. The number of allylic oxidation sites excluding steroid dienone is 2. The number of benzene rings is 3. The van der Waals surface area contributed by atoms with Crippen molar-refractivity contribution < 1.29 is 49.0 Å². The molecule has 42 heavy (non-hydrogen) atoms. The first-order valence-electron chi connectivity index (χ1n) is 12.6. The number of hydrogen-bond acceptors (Lipinski definition) is 11. The Morgan fingerprint density at radius 2 is 1.52 bits per heavy atom. The summed E-state index contributed by atoms with van der Waals surface area (Å²) in [5.41, 5.74) is -0.168. The predicted octanol–water partition coefficient (Wildman–Crippen LogP) is 5.20. The standard InChI is InChI=1S/C31H22O11/c1-39-24-13-23-26(27(36)29(38)30(42-23)15-2-6-16(32)7-3-15)28(37)31(24)40-18-8-4-14(5-9-18)21-12-20(35)25-19(34)10-17(33)11-22(25)41-21/h2-13,22,25,32-34,37-38H,1H3. The summed E-state index contributed by atoms with van der Waals surface area (Å²) in [5, 5.41) is 50.7. The fourth-order valence-corrected chi connectivity index (χ4v) is 4.83. The Kier molecular flexibility index (Phi) is 6.26. The first kappa shape index (κ1) is 26.4. The van der Waals surface area contributed by atoms with E-state index in [-0.39, 0.29) is 62.8 Å². The molecule has 4 aromatic rings. The van der Waals surface area contributed by atoms with Crippen LogP contribution in [0.3, 0.4) is 0 Å². The van der Waals surface area contributed by atoms with Crippen molar-refractivity contribution in [2.45, 2.75) is 6.10 Å². The number of fused-ring (bicyclic) bond motifs is 2. The van der Waals surface area contributed by atoms with Crippen LogP contribution in [0.2, 0.25) is 0 Å². The second kappa shape index (κ2) is 9.97. The average molecular weight is 571 g/mol. The van der Waals surface area contributed by atoms with Crippen LogP contribution in [0.15, 0.2) is 93.6 Å². The van der Waals surface area contributed by atoms with Gasteiger partial charge in [0.05, 0.1) is 7.11 Å². The van der Waals surface area contributed by atoms with Gasteiger partial charge in [-0.25, -0.2) is 0 Å². The number of aliphatic hydroxyl groups is 2. The number of ether oxygens (including phenoxy) is 3. The summed E-state index contributed by atoms with van der Waals surface area (Å²) in [6, 6.07) is 13.2. The predicted molar refractivity (Wildman–Crippen MR) is 149 cm³/mol. The Bertz CT molecular complexity index is 1900. The molecule has 2 aliphatic rings. The molecule has 11 nitrogen and oxygen atoms in total. The first-order valence-corrected chi connectivity index (χ1v) is 12.6. The normalized spacial score (nSPS) is 17.9. The van der Waals surface area contributed by atoms with Crippen LogP contribution in [0.5, 0.6) is 34.5 Å². The van der Waals surface area contributed by atoms with Crippen molar-refractivity contribution in [3.63, 3.8) is 0 Å². The summed E-state index contributed by atoms with van der Waals surface area (Å²) in [6.45, 7) is 0. The number of ketones is 1. The van der Waals surface area contributed by atoms with E-state index in [0.29, 0.717) is 11.1 Å². The van der Waals surface area contributed by atoms with Gasteiger partial charge in [-0.15, -0.1) is 0 Å². The van der Waals surface area contributed by atoms with Crippen molar-refractivity contribution >= 4 is 22.5 Å². The lowest BCUT2D eigenvalue weighted by Gasteiger charge is -2.31. The second-order valence-electron chi connectivity index (χ2n) is 9.54. The third kappa shape index (κ3) is 4.42. The van der Waals surface area contributed by atoms with Gasteiger partial charge in [-0.3, -0.25) is 9.59 Å². The van der Waals surface area contributed by atoms with Crippen LogP contribution in [-0.4, -0.2) is 44.5 Å². The monoisotopic (exact) mass is 570 g/mol. The summed E-state index contributed by atoms with van der Waals surface area (Å²) < 4.78 is 22.8. The Hall–Kier alpha value is -5.84. The summed E-state index contributed by atoms with van der Waals surface area (Å²) in [6.07, 6.45) is 2.82. The van der Waals surface area contributed by atoms with E-state index in [2.05, 4.69) is 0 Å². The van der Waals surface area contributed by atoms with E-state index in [1.54, 1.807) is 12.1 Å². The fraction of sp³-hybridized carbons (Fsp3) is 0.0968. The molecule has 2 unspecified atom stereocenters. The quantitative estimate of drug-likeness (QED) is 0.213. The van der Waals surface area contributed by atoms with Crippen molar-refractivity contribution in [3.8, 4) is 45.8 Å². The molecule has 1 aliphatic carbocycles. The minimum Gasteiger partial charge on any atom is -0.511 e. The summed E-state index contributed by atoms with van der Waals surface area (Å²) in [7, 11) is 1.33. The highest BCUT2D eigenvalue weighted by Gasteiger charge is 2.38. The number of phenolic OH excluding ortho intramolecular Hbond substituents is 2. The van der Waals surface area contributed by atoms with Gasteiger partial charge < -0.3 is 44.2 Å². The van der Waals surface area contributed by atoms with Crippen molar-refractivity contribution in [2.75, 3.05) is 7.11 Å². The molecule has 1 aromatic heterocycles. The van der Waals surface area contributed by atoms with E-state index >= 15 is 0 Å². The zero-order valence-electron chi connectivity index (χ0n) is 21.8. The Morgan fingerprint density at radius 3 is 2.21 bits per heavy atom. The molecule has 6 rings (SSSR count). The molecule has 11 heteroatoms. The number of aromatic hydroxyl groups is 3. The van der Waals surface area contributed by atoms with Gasteiger partial charge in [0.15, 0.2) is 23.0 Å². The van der Waals surface area contributed by atoms with Crippen LogP contribution >= 0.6 is 0 Å². The van der Waals surface area contributed by atoms with E-state index in [4.69, 9.17) is 18.6 Å². The lowest BCUT2D eigenvalue weighted by Crippen LogP contribution is -2.35. The van der Waals surface area contributed by atoms with Gasteiger partial charge in [-0.1, -0.05) is 0 Å². The van der Waals surface area contributed by atoms with Crippen LogP contribution in [0.4, 0.5) is 0 Å². The first-order chi connectivity index (χ1) is 20.1. The van der Waals surface area contributed by atoms with Crippen LogP contribution in [0.25, 0.3) is 28.1 Å². The van der Waals surface area contributed by atoms with Gasteiger partial charge in [0, 0.05) is 29.3 Å². The number of methoxy groups -OCH3 is 1. The lowest BCUT2D eigenvalue weighted by atomic mass is 9.88. The number of rotatable bonds is 5. The third-order valence-corrected chi connectivity index (χ3v) is 6.88. The minimum atomic E-state index is -0.940. The van der Waals surface area contributed by atoms with Gasteiger partial charge in [0.1, 0.15) is 51.8 Å². The van der Waals surface area contributed by atoms with Crippen molar-refractivity contribution in [3.05, 3.63) is 100 Å². The van der Waals surface area contributed by atoms with Crippen LogP contribution in [-0.2, 0) is 9.53 Å². The molecule has 2 heterocycles. The highest BCUT2D eigenvalue weighted by Crippen LogP contribution is 2.46. The molecule has 0 fully saturated rings. The topological polar surface area (TPSA) is 176 Å². The molecule has 2 atom stereocenters. The maximum atomic E-state index is 13.1. The van der Waals surface area contributed by atoms with E-state index < -0.39 is 28.9 Å². The van der Waals surface area contributed by atoms with Gasteiger partial charge in [-0.2, -0.15) is 0 Å².